The van der Waals surface area contributed by atoms with E-state index in [0.29, 0.717) is 0 Å². The number of rotatable bonds is 5. The largest absolute Gasteiger partial charge is 0.497 e. The molecule has 1 aromatic heterocycles. The highest BCUT2D eigenvalue weighted by atomic mass is 16.5. The summed E-state index contributed by atoms with van der Waals surface area (Å²) in [7, 11) is 1.66. The maximum Gasteiger partial charge on any atom is 0.235 e. The first-order valence-corrected chi connectivity index (χ1v) is 12.5. The SMILES string of the molecule is COc1ccc2c(c1)[C@]1(CC1c1ccc3c(-c4cccc(CN5CCOCC5)c4)n[nH]c3c1)C(=O)N2. The lowest BCUT2D eigenvalue weighted by atomic mass is 9.91. The summed E-state index contributed by atoms with van der Waals surface area (Å²) in [5.41, 5.74) is 6.93. The van der Waals surface area contributed by atoms with Crippen LogP contribution < -0.4 is 10.1 Å². The first-order chi connectivity index (χ1) is 17.7. The number of carbonyl (C=O) groups is 1. The van der Waals surface area contributed by atoms with Crippen LogP contribution in [0.1, 0.15) is 29.0 Å². The zero-order valence-electron chi connectivity index (χ0n) is 20.2. The van der Waals surface area contributed by atoms with Gasteiger partial charge in [-0.2, -0.15) is 5.10 Å². The molecule has 7 heteroatoms. The van der Waals surface area contributed by atoms with Gasteiger partial charge in [0.2, 0.25) is 5.91 Å². The minimum atomic E-state index is -0.506. The van der Waals surface area contributed by atoms with Crippen molar-refractivity contribution in [1.82, 2.24) is 15.1 Å². The molecule has 2 atom stereocenters. The third kappa shape index (κ3) is 3.34. The number of fused-ring (bicyclic) bond motifs is 3. The van der Waals surface area contributed by atoms with E-state index in [4.69, 9.17) is 9.47 Å². The topological polar surface area (TPSA) is 79.5 Å². The van der Waals surface area contributed by atoms with E-state index in [1.165, 1.54) is 5.56 Å². The van der Waals surface area contributed by atoms with Gasteiger partial charge in [0.15, 0.2) is 0 Å². The molecule has 7 rings (SSSR count). The Morgan fingerprint density at radius 1 is 1.11 bits per heavy atom. The molecule has 1 amide bonds. The van der Waals surface area contributed by atoms with Crippen LogP contribution in [0.25, 0.3) is 22.2 Å². The van der Waals surface area contributed by atoms with E-state index in [9.17, 15) is 4.79 Å². The normalized spacial score (nSPS) is 23.1. The van der Waals surface area contributed by atoms with Crippen molar-refractivity contribution >= 4 is 22.5 Å². The van der Waals surface area contributed by atoms with Gasteiger partial charge in [0.05, 0.1) is 36.9 Å². The fourth-order valence-electron chi connectivity index (χ4n) is 6.01. The van der Waals surface area contributed by atoms with Gasteiger partial charge in [-0.1, -0.05) is 30.3 Å². The van der Waals surface area contributed by atoms with E-state index in [2.05, 4.69) is 62.9 Å². The molecule has 3 heterocycles. The number of nitrogens with zero attached hydrogens (tertiary/aromatic N) is 2. The third-order valence-electron chi connectivity index (χ3n) is 8.02. The van der Waals surface area contributed by atoms with Gasteiger partial charge >= 0.3 is 0 Å². The molecule has 2 N–H and O–H groups in total. The van der Waals surface area contributed by atoms with Gasteiger partial charge in [0, 0.05) is 42.2 Å². The van der Waals surface area contributed by atoms with Crippen LogP contribution in [0, 0.1) is 0 Å². The smallest absolute Gasteiger partial charge is 0.235 e. The van der Waals surface area contributed by atoms with Crippen molar-refractivity contribution < 1.29 is 14.3 Å². The molecule has 7 nitrogen and oxygen atoms in total. The Labute approximate surface area is 209 Å². The Kier molecular flexibility index (Phi) is 4.91. The number of aromatic nitrogens is 2. The molecular weight excluding hydrogens is 452 g/mol. The first kappa shape index (κ1) is 21.6. The number of ether oxygens (including phenoxy) is 2. The van der Waals surface area contributed by atoms with Crippen LogP contribution in [0.5, 0.6) is 5.75 Å². The molecule has 0 bridgehead atoms. The number of benzene rings is 3. The zero-order valence-corrected chi connectivity index (χ0v) is 20.2. The van der Waals surface area contributed by atoms with E-state index in [1.54, 1.807) is 7.11 Å². The molecule has 36 heavy (non-hydrogen) atoms. The number of carbonyl (C=O) groups excluding carboxylic acids is 1. The van der Waals surface area contributed by atoms with E-state index < -0.39 is 5.41 Å². The van der Waals surface area contributed by atoms with Crippen LogP contribution in [0.4, 0.5) is 5.69 Å². The molecule has 182 valence electrons. The summed E-state index contributed by atoms with van der Waals surface area (Å²) in [5, 5.41) is 12.1. The number of methoxy groups -OCH3 is 1. The number of amides is 1. The molecule has 2 fully saturated rings. The van der Waals surface area contributed by atoms with Crippen LogP contribution in [0.3, 0.4) is 0 Å². The second-order valence-electron chi connectivity index (χ2n) is 10.1. The second-order valence-corrected chi connectivity index (χ2v) is 10.1. The lowest BCUT2D eigenvalue weighted by Gasteiger charge is -2.26. The second kappa shape index (κ2) is 8.18. The van der Waals surface area contributed by atoms with Gasteiger partial charge in [-0.25, -0.2) is 0 Å². The molecule has 1 aliphatic carbocycles. The number of H-pyrrole nitrogens is 1. The van der Waals surface area contributed by atoms with E-state index in [1.807, 2.05) is 18.2 Å². The fourth-order valence-corrected chi connectivity index (χ4v) is 6.01. The minimum Gasteiger partial charge on any atom is -0.497 e. The standard InChI is InChI=1S/C29H28N4O3/c1-35-21-6-8-25-23(15-21)29(28(34)30-25)16-24(29)19-5-7-22-26(14-19)31-32-27(22)20-4-2-3-18(13-20)17-33-9-11-36-12-10-33/h2-8,13-15,24H,9-12,16-17H2,1H3,(H,30,34)(H,31,32)/t24?,29-/m0/s1. The molecule has 1 unspecified atom stereocenters. The number of hydrogen-bond acceptors (Lipinski definition) is 5. The number of anilines is 1. The van der Waals surface area contributed by atoms with Gasteiger partial charge in [-0.15, -0.1) is 0 Å². The Balaban J connectivity index is 1.18. The quantitative estimate of drug-likeness (QED) is 0.441. The summed E-state index contributed by atoms with van der Waals surface area (Å²) < 4.78 is 10.9. The lowest BCUT2D eigenvalue weighted by Crippen LogP contribution is -2.35. The maximum absolute atomic E-state index is 13.0. The number of aromatic amines is 1. The van der Waals surface area contributed by atoms with E-state index in [0.717, 1.165) is 84.0 Å². The van der Waals surface area contributed by atoms with Gasteiger partial charge in [0.1, 0.15) is 5.75 Å². The van der Waals surface area contributed by atoms with Gasteiger partial charge in [0.25, 0.3) is 0 Å². The Hall–Kier alpha value is -3.68. The van der Waals surface area contributed by atoms with Crippen LogP contribution in [0.15, 0.2) is 60.7 Å². The first-order valence-electron chi connectivity index (χ1n) is 12.5. The highest BCUT2D eigenvalue weighted by Crippen LogP contribution is 2.65. The van der Waals surface area contributed by atoms with Crippen LogP contribution in [0.2, 0.25) is 0 Å². The molecule has 1 saturated carbocycles. The molecular formula is C29H28N4O3. The van der Waals surface area contributed by atoms with Crippen molar-refractivity contribution in [2.75, 3.05) is 38.7 Å². The van der Waals surface area contributed by atoms with E-state index >= 15 is 0 Å². The van der Waals surface area contributed by atoms with Crippen molar-refractivity contribution in [3.63, 3.8) is 0 Å². The fraction of sp³-hybridized carbons (Fsp3) is 0.310. The molecule has 3 aromatic carbocycles. The van der Waals surface area contributed by atoms with Gasteiger partial charge < -0.3 is 14.8 Å². The number of morpholine rings is 1. The van der Waals surface area contributed by atoms with Gasteiger partial charge in [-0.05, 0) is 53.4 Å². The van der Waals surface area contributed by atoms with Crippen molar-refractivity contribution in [3.05, 3.63) is 77.4 Å². The van der Waals surface area contributed by atoms with Crippen molar-refractivity contribution in [2.45, 2.75) is 24.3 Å². The summed E-state index contributed by atoms with van der Waals surface area (Å²) in [6.07, 6.45) is 0.801. The van der Waals surface area contributed by atoms with Crippen LogP contribution >= 0.6 is 0 Å². The van der Waals surface area contributed by atoms with E-state index in [-0.39, 0.29) is 11.8 Å². The zero-order chi connectivity index (χ0) is 24.3. The number of nitrogens with one attached hydrogen (secondary N) is 2. The van der Waals surface area contributed by atoms with Crippen LogP contribution in [-0.2, 0) is 21.5 Å². The monoisotopic (exact) mass is 480 g/mol. The summed E-state index contributed by atoms with van der Waals surface area (Å²) in [6, 6.07) is 20.9. The molecule has 4 aromatic rings. The Morgan fingerprint density at radius 2 is 2.00 bits per heavy atom. The molecule has 1 saturated heterocycles. The predicted molar refractivity (Wildman–Crippen MR) is 138 cm³/mol. The lowest BCUT2D eigenvalue weighted by molar-refractivity contribution is -0.118. The van der Waals surface area contributed by atoms with Gasteiger partial charge in [-0.3, -0.25) is 14.8 Å². The molecule has 0 radical (unpaired) electrons. The Bertz CT molecular complexity index is 1490. The average molecular weight is 481 g/mol. The highest BCUT2D eigenvalue weighted by molar-refractivity contribution is 6.10. The maximum atomic E-state index is 13.0. The summed E-state index contributed by atoms with van der Waals surface area (Å²) in [4.78, 5) is 15.5. The predicted octanol–water partition coefficient (Wildman–Crippen LogP) is 4.45. The third-order valence-corrected chi connectivity index (χ3v) is 8.02. The van der Waals surface area contributed by atoms with Crippen LogP contribution in [-0.4, -0.2) is 54.4 Å². The summed E-state index contributed by atoms with van der Waals surface area (Å²) in [6.45, 7) is 4.46. The minimum absolute atomic E-state index is 0.0817. The highest BCUT2D eigenvalue weighted by Gasteiger charge is 2.65. The summed E-state index contributed by atoms with van der Waals surface area (Å²) >= 11 is 0. The average Bonchev–Trinajstić information content (AvgIpc) is 3.43. The number of hydrogen-bond donors (Lipinski definition) is 2. The molecule has 2 aliphatic heterocycles. The molecule has 1 spiro atoms. The van der Waals surface area contributed by atoms with Crippen molar-refractivity contribution in [3.8, 4) is 17.0 Å². The summed E-state index contributed by atoms with van der Waals surface area (Å²) in [5.74, 6) is 0.997. The Morgan fingerprint density at radius 3 is 2.86 bits per heavy atom. The van der Waals surface area contributed by atoms with Crippen molar-refractivity contribution in [1.29, 1.82) is 0 Å². The van der Waals surface area contributed by atoms with Crippen molar-refractivity contribution in [2.24, 2.45) is 0 Å². The molecule has 3 aliphatic rings.